The van der Waals surface area contributed by atoms with Gasteiger partial charge in [0.15, 0.2) is 5.13 Å². The first-order chi connectivity index (χ1) is 13.8. The number of rotatable bonds is 8. The Morgan fingerprint density at radius 1 is 1.34 bits per heavy atom. The number of hydrogen-bond acceptors (Lipinski definition) is 6. The first kappa shape index (κ1) is 20.6. The molecular weight excluding hydrogens is 406 g/mol. The van der Waals surface area contributed by atoms with Crippen LogP contribution in [-0.2, 0) is 9.59 Å². The standard InChI is InChI=1S/C18H18F2N4O4S/c1-23-9-15(26)24(18(23)27)8-4-7-14(25)22-17-21-12(10-29-17)11-5-2-3-6-13(11)28-16(19)20/h2-3,5-6,10,16H,4,7-9H2,1H3,(H,21,22,25). The van der Waals surface area contributed by atoms with E-state index in [0.29, 0.717) is 22.8 Å². The minimum atomic E-state index is -2.96. The molecule has 1 fully saturated rings. The van der Waals surface area contributed by atoms with Crippen LogP contribution < -0.4 is 10.1 Å². The number of urea groups is 1. The Morgan fingerprint density at radius 2 is 2.10 bits per heavy atom. The lowest BCUT2D eigenvalue weighted by Gasteiger charge is -2.13. The van der Waals surface area contributed by atoms with E-state index in [1.54, 1.807) is 23.6 Å². The lowest BCUT2D eigenvalue weighted by atomic mass is 10.1. The van der Waals surface area contributed by atoms with E-state index in [1.165, 1.54) is 18.0 Å². The van der Waals surface area contributed by atoms with Gasteiger partial charge in [-0.1, -0.05) is 12.1 Å². The number of imide groups is 1. The van der Waals surface area contributed by atoms with E-state index in [2.05, 4.69) is 15.0 Å². The minimum absolute atomic E-state index is 0.00408. The van der Waals surface area contributed by atoms with Gasteiger partial charge in [0.25, 0.3) is 0 Å². The molecule has 0 saturated carbocycles. The number of halogens is 2. The number of carbonyl (C=O) groups is 3. The van der Waals surface area contributed by atoms with Crippen LogP contribution in [0.15, 0.2) is 29.6 Å². The molecule has 1 aliphatic rings. The normalized spacial score (nSPS) is 14.1. The largest absolute Gasteiger partial charge is 0.434 e. The van der Waals surface area contributed by atoms with E-state index in [9.17, 15) is 23.2 Å². The molecule has 0 radical (unpaired) electrons. The fraction of sp³-hybridized carbons (Fsp3) is 0.333. The predicted octanol–water partition coefficient (Wildman–Crippen LogP) is 3.02. The lowest BCUT2D eigenvalue weighted by Crippen LogP contribution is -2.32. The zero-order valence-electron chi connectivity index (χ0n) is 15.4. The smallest absolute Gasteiger partial charge is 0.387 e. The molecule has 2 heterocycles. The highest BCUT2D eigenvalue weighted by Crippen LogP contribution is 2.33. The summed E-state index contributed by atoms with van der Waals surface area (Å²) in [5.41, 5.74) is 0.789. The van der Waals surface area contributed by atoms with Crippen LogP contribution in [0.4, 0.5) is 18.7 Å². The third-order valence-electron chi connectivity index (χ3n) is 4.15. The van der Waals surface area contributed by atoms with E-state index < -0.39 is 6.61 Å². The third-order valence-corrected chi connectivity index (χ3v) is 4.90. The summed E-state index contributed by atoms with van der Waals surface area (Å²) in [6.07, 6.45) is 0.418. The summed E-state index contributed by atoms with van der Waals surface area (Å²) in [5, 5.41) is 4.57. The Bertz CT molecular complexity index is 921. The number of anilines is 1. The van der Waals surface area contributed by atoms with Gasteiger partial charge in [-0.2, -0.15) is 8.78 Å². The molecule has 1 aromatic carbocycles. The van der Waals surface area contributed by atoms with Crippen molar-refractivity contribution in [2.24, 2.45) is 0 Å². The molecule has 3 rings (SSSR count). The van der Waals surface area contributed by atoms with Crippen LogP contribution in [0.2, 0.25) is 0 Å². The zero-order chi connectivity index (χ0) is 21.0. The zero-order valence-corrected chi connectivity index (χ0v) is 16.2. The Balaban J connectivity index is 1.55. The maximum absolute atomic E-state index is 12.5. The number of thiazole rings is 1. The highest BCUT2D eigenvalue weighted by molar-refractivity contribution is 7.14. The van der Waals surface area contributed by atoms with Gasteiger partial charge in [0.05, 0.1) is 5.69 Å². The molecule has 1 N–H and O–H groups in total. The van der Waals surface area contributed by atoms with E-state index in [0.717, 1.165) is 16.2 Å². The Kier molecular flexibility index (Phi) is 6.37. The number of hydrogen-bond donors (Lipinski definition) is 1. The number of aromatic nitrogens is 1. The van der Waals surface area contributed by atoms with Gasteiger partial charge in [-0.3, -0.25) is 14.5 Å². The second-order valence-electron chi connectivity index (χ2n) is 6.25. The van der Waals surface area contributed by atoms with Crippen molar-refractivity contribution in [1.82, 2.24) is 14.8 Å². The van der Waals surface area contributed by atoms with Crippen LogP contribution in [0.5, 0.6) is 5.75 Å². The van der Waals surface area contributed by atoms with Crippen LogP contribution in [0.25, 0.3) is 11.3 Å². The maximum atomic E-state index is 12.5. The first-order valence-electron chi connectivity index (χ1n) is 8.70. The van der Waals surface area contributed by atoms with Gasteiger partial charge >= 0.3 is 12.6 Å². The number of nitrogens with one attached hydrogen (secondary N) is 1. The van der Waals surface area contributed by atoms with Crippen LogP contribution in [0.1, 0.15) is 12.8 Å². The average molecular weight is 424 g/mol. The number of para-hydroxylation sites is 1. The minimum Gasteiger partial charge on any atom is -0.434 e. The molecule has 11 heteroatoms. The van der Waals surface area contributed by atoms with E-state index in [-0.39, 0.29) is 43.1 Å². The molecule has 1 aromatic heterocycles. The Hall–Kier alpha value is -3.08. The quantitative estimate of drug-likeness (QED) is 0.658. The van der Waals surface area contributed by atoms with Crippen LogP contribution in [-0.4, -0.2) is 59.4 Å². The summed E-state index contributed by atoms with van der Waals surface area (Å²) in [5.74, 6) is -0.613. The summed E-state index contributed by atoms with van der Waals surface area (Å²) in [6, 6.07) is 5.88. The SMILES string of the molecule is CN1CC(=O)N(CCCC(=O)Nc2nc(-c3ccccc3OC(F)F)cs2)C1=O. The second-order valence-corrected chi connectivity index (χ2v) is 7.11. The van der Waals surface area contributed by atoms with E-state index in [4.69, 9.17) is 0 Å². The molecule has 0 unspecified atom stereocenters. The average Bonchev–Trinajstić information content (AvgIpc) is 3.21. The molecule has 154 valence electrons. The number of amides is 4. The highest BCUT2D eigenvalue weighted by atomic mass is 32.1. The summed E-state index contributed by atoms with van der Waals surface area (Å²) in [7, 11) is 1.54. The van der Waals surface area contributed by atoms with Gasteiger partial charge in [0.2, 0.25) is 11.8 Å². The predicted molar refractivity (Wildman–Crippen MR) is 102 cm³/mol. The molecule has 0 bridgehead atoms. The van der Waals surface area contributed by atoms with Crippen molar-refractivity contribution in [1.29, 1.82) is 0 Å². The molecule has 0 atom stereocenters. The number of likely N-dealkylation sites (N-methyl/N-ethyl adjacent to an activating group) is 1. The summed E-state index contributed by atoms with van der Waals surface area (Å²) >= 11 is 1.15. The molecule has 2 aromatic rings. The highest BCUT2D eigenvalue weighted by Gasteiger charge is 2.32. The fourth-order valence-electron chi connectivity index (χ4n) is 2.80. The lowest BCUT2D eigenvalue weighted by molar-refractivity contribution is -0.125. The van der Waals surface area contributed by atoms with Crippen molar-refractivity contribution in [2.75, 3.05) is 25.5 Å². The van der Waals surface area contributed by atoms with Gasteiger partial charge in [0, 0.05) is 31.0 Å². The van der Waals surface area contributed by atoms with Gasteiger partial charge < -0.3 is 15.0 Å². The number of alkyl halides is 2. The van der Waals surface area contributed by atoms with E-state index in [1.807, 2.05) is 0 Å². The molecule has 8 nitrogen and oxygen atoms in total. The molecule has 1 saturated heterocycles. The third kappa shape index (κ3) is 5.05. The molecule has 29 heavy (non-hydrogen) atoms. The molecule has 1 aliphatic heterocycles. The topological polar surface area (TPSA) is 91.8 Å². The monoisotopic (exact) mass is 424 g/mol. The van der Waals surface area contributed by atoms with Crippen molar-refractivity contribution in [3.05, 3.63) is 29.6 Å². The van der Waals surface area contributed by atoms with Gasteiger partial charge in [-0.15, -0.1) is 11.3 Å². The van der Waals surface area contributed by atoms with E-state index >= 15 is 0 Å². The molecular formula is C18H18F2N4O4S. The van der Waals surface area contributed by atoms with Gasteiger partial charge in [-0.25, -0.2) is 9.78 Å². The van der Waals surface area contributed by atoms with Crippen molar-refractivity contribution >= 4 is 34.3 Å². The summed E-state index contributed by atoms with van der Waals surface area (Å²) in [6.45, 7) is -2.75. The van der Waals surface area contributed by atoms with Crippen molar-refractivity contribution in [3.8, 4) is 17.0 Å². The number of carbonyl (C=O) groups excluding carboxylic acids is 3. The Labute approximate surface area is 169 Å². The molecule has 0 aliphatic carbocycles. The van der Waals surface area contributed by atoms with Crippen molar-refractivity contribution < 1.29 is 27.9 Å². The summed E-state index contributed by atoms with van der Waals surface area (Å²) in [4.78, 5) is 42.3. The van der Waals surface area contributed by atoms with Crippen LogP contribution >= 0.6 is 11.3 Å². The molecule has 0 spiro atoms. The number of nitrogens with zero attached hydrogens (tertiary/aromatic N) is 3. The Morgan fingerprint density at radius 3 is 2.79 bits per heavy atom. The number of ether oxygens (including phenoxy) is 1. The first-order valence-corrected chi connectivity index (χ1v) is 9.58. The van der Waals surface area contributed by atoms with Crippen LogP contribution in [0.3, 0.4) is 0 Å². The van der Waals surface area contributed by atoms with Crippen molar-refractivity contribution in [2.45, 2.75) is 19.5 Å². The van der Waals surface area contributed by atoms with Crippen LogP contribution in [0, 0.1) is 0 Å². The summed E-state index contributed by atoms with van der Waals surface area (Å²) < 4.78 is 29.6. The fourth-order valence-corrected chi connectivity index (χ4v) is 3.53. The second kappa shape index (κ2) is 8.95. The van der Waals surface area contributed by atoms with Crippen molar-refractivity contribution in [3.63, 3.8) is 0 Å². The maximum Gasteiger partial charge on any atom is 0.387 e. The van der Waals surface area contributed by atoms with Gasteiger partial charge in [0.1, 0.15) is 12.3 Å². The van der Waals surface area contributed by atoms with Gasteiger partial charge in [-0.05, 0) is 18.6 Å². The number of benzene rings is 1. The molecule has 4 amide bonds.